The number of ether oxygens (including phenoxy) is 3. The molecule has 5 rings (SSSR count). The Hall–Kier alpha value is -3.36. The molecule has 0 aliphatic carbocycles. The van der Waals surface area contributed by atoms with Gasteiger partial charge in [0, 0.05) is 26.2 Å². The number of benzene rings is 2. The molecule has 1 fully saturated rings. The zero-order chi connectivity index (χ0) is 25.2. The summed E-state index contributed by atoms with van der Waals surface area (Å²) in [5.41, 5.74) is 2.39. The number of fused-ring (bicyclic) bond motifs is 2. The van der Waals surface area contributed by atoms with Crippen molar-refractivity contribution in [3.05, 3.63) is 69.1 Å². The molecule has 2 aromatic carbocycles. The molecule has 36 heavy (non-hydrogen) atoms. The lowest BCUT2D eigenvalue weighted by molar-refractivity contribution is 0.0353. The first kappa shape index (κ1) is 24.3. The second-order valence-corrected chi connectivity index (χ2v) is 9.23. The summed E-state index contributed by atoms with van der Waals surface area (Å²) < 4.78 is 22.8. The smallest absolute Gasteiger partial charge is 0.290 e. The van der Waals surface area contributed by atoms with E-state index in [0.717, 1.165) is 50.4 Å². The first-order valence-electron chi connectivity index (χ1n) is 12.5. The fourth-order valence-corrected chi connectivity index (χ4v) is 5.13. The van der Waals surface area contributed by atoms with Gasteiger partial charge in [-0.1, -0.05) is 17.7 Å². The fraction of sp³-hybridized carbons (Fsp3) is 0.429. The third kappa shape index (κ3) is 4.47. The highest BCUT2D eigenvalue weighted by Gasteiger charge is 2.42. The summed E-state index contributed by atoms with van der Waals surface area (Å²) in [6.45, 7) is 8.93. The maximum absolute atomic E-state index is 13.8. The van der Waals surface area contributed by atoms with Crippen LogP contribution in [-0.2, 0) is 4.74 Å². The number of hydrogen-bond acceptors (Lipinski definition) is 7. The number of methoxy groups -OCH3 is 1. The van der Waals surface area contributed by atoms with E-state index in [1.807, 2.05) is 44.2 Å². The van der Waals surface area contributed by atoms with Crippen LogP contribution in [0.15, 0.2) is 45.6 Å². The Labute approximate surface area is 210 Å². The van der Waals surface area contributed by atoms with Crippen LogP contribution in [-0.4, -0.2) is 68.8 Å². The summed E-state index contributed by atoms with van der Waals surface area (Å²) in [4.78, 5) is 31.5. The van der Waals surface area contributed by atoms with Crippen molar-refractivity contribution in [1.29, 1.82) is 0 Å². The van der Waals surface area contributed by atoms with E-state index in [2.05, 4.69) is 4.90 Å². The zero-order valence-electron chi connectivity index (χ0n) is 21.0. The van der Waals surface area contributed by atoms with Gasteiger partial charge in [-0.2, -0.15) is 0 Å². The minimum Gasteiger partial charge on any atom is -0.493 e. The van der Waals surface area contributed by atoms with Crippen LogP contribution in [0.1, 0.15) is 46.6 Å². The molecule has 8 nitrogen and oxygen atoms in total. The lowest BCUT2D eigenvalue weighted by Crippen LogP contribution is -2.38. The van der Waals surface area contributed by atoms with Crippen molar-refractivity contribution in [2.75, 3.05) is 53.1 Å². The van der Waals surface area contributed by atoms with Crippen LogP contribution in [0, 0.1) is 6.92 Å². The molecule has 0 unspecified atom stereocenters. The zero-order valence-corrected chi connectivity index (χ0v) is 21.0. The highest BCUT2D eigenvalue weighted by Crippen LogP contribution is 2.41. The molecule has 0 saturated carbocycles. The average Bonchev–Trinajstić information content (AvgIpc) is 3.17. The Bertz CT molecular complexity index is 1330. The largest absolute Gasteiger partial charge is 0.493 e. The molecule has 1 aromatic heterocycles. The Morgan fingerprint density at radius 2 is 1.83 bits per heavy atom. The molecule has 8 heteroatoms. The van der Waals surface area contributed by atoms with E-state index in [-0.39, 0.29) is 17.1 Å². The fourth-order valence-electron chi connectivity index (χ4n) is 5.13. The number of morpholine rings is 1. The maximum atomic E-state index is 13.8. The predicted octanol–water partition coefficient (Wildman–Crippen LogP) is 3.78. The molecular weight excluding hydrogens is 460 g/mol. The summed E-state index contributed by atoms with van der Waals surface area (Å²) in [7, 11) is 1.58. The first-order valence-corrected chi connectivity index (χ1v) is 12.5. The number of rotatable bonds is 8. The van der Waals surface area contributed by atoms with Gasteiger partial charge in [-0.15, -0.1) is 0 Å². The van der Waals surface area contributed by atoms with Crippen molar-refractivity contribution in [3.8, 4) is 11.5 Å². The highest BCUT2D eigenvalue weighted by molar-refractivity contribution is 5.99. The van der Waals surface area contributed by atoms with E-state index in [9.17, 15) is 9.59 Å². The lowest BCUT2D eigenvalue weighted by Gasteiger charge is -2.29. The summed E-state index contributed by atoms with van der Waals surface area (Å²) in [6.07, 6.45) is 0.775. The molecule has 190 valence electrons. The monoisotopic (exact) mass is 492 g/mol. The molecule has 1 saturated heterocycles. The molecule has 1 atom stereocenters. The number of aryl methyl sites for hydroxylation is 1. The van der Waals surface area contributed by atoms with E-state index < -0.39 is 6.04 Å². The van der Waals surface area contributed by atoms with E-state index in [0.29, 0.717) is 41.2 Å². The van der Waals surface area contributed by atoms with Gasteiger partial charge in [0.2, 0.25) is 5.76 Å². The Morgan fingerprint density at radius 1 is 1.03 bits per heavy atom. The molecule has 0 radical (unpaired) electrons. The van der Waals surface area contributed by atoms with Gasteiger partial charge in [0.15, 0.2) is 16.9 Å². The molecule has 2 aliphatic heterocycles. The minimum atomic E-state index is -0.567. The molecule has 0 spiro atoms. The van der Waals surface area contributed by atoms with Crippen molar-refractivity contribution in [1.82, 2.24) is 9.80 Å². The summed E-state index contributed by atoms with van der Waals surface area (Å²) >= 11 is 0. The number of carbonyl (C=O) groups excluding carboxylic acids is 1. The molecule has 1 amide bonds. The van der Waals surface area contributed by atoms with Crippen LogP contribution in [0.2, 0.25) is 0 Å². The Kier molecular flexibility index (Phi) is 6.98. The summed E-state index contributed by atoms with van der Waals surface area (Å²) in [6, 6.07) is 10.5. The van der Waals surface area contributed by atoms with Gasteiger partial charge >= 0.3 is 0 Å². The van der Waals surface area contributed by atoms with Crippen molar-refractivity contribution in [3.63, 3.8) is 0 Å². The SMILES string of the molecule is CCOc1ccc([C@H]2c3c(oc4ccc(C)cc4c3=O)C(=O)N2CCCN2CCOCC2)cc1OC. The van der Waals surface area contributed by atoms with Gasteiger partial charge in [-0.3, -0.25) is 14.5 Å². The third-order valence-corrected chi connectivity index (χ3v) is 6.90. The van der Waals surface area contributed by atoms with E-state index in [4.69, 9.17) is 18.6 Å². The number of hydrogen-bond donors (Lipinski definition) is 0. The summed E-state index contributed by atoms with van der Waals surface area (Å²) in [5, 5.41) is 0.486. The molecule has 0 N–H and O–H groups in total. The highest BCUT2D eigenvalue weighted by atomic mass is 16.5. The number of nitrogens with zero attached hydrogens (tertiary/aromatic N) is 2. The predicted molar refractivity (Wildman–Crippen MR) is 136 cm³/mol. The second kappa shape index (κ2) is 10.3. The van der Waals surface area contributed by atoms with E-state index in [1.165, 1.54) is 0 Å². The van der Waals surface area contributed by atoms with Crippen LogP contribution in [0.4, 0.5) is 0 Å². The normalized spacial score (nSPS) is 18.0. The topological polar surface area (TPSA) is 81.5 Å². The van der Waals surface area contributed by atoms with Crippen LogP contribution >= 0.6 is 0 Å². The van der Waals surface area contributed by atoms with Gasteiger partial charge in [-0.05, 0) is 50.1 Å². The van der Waals surface area contributed by atoms with Crippen molar-refractivity contribution in [2.45, 2.75) is 26.3 Å². The van der Waals surface area contributed by atoms with Gasteiger partial charge in [0.1, 0.15) is 5.58 Å². The van der Waals surface area contributed by atoms with Gasteiger partial charge in [-0.25, -0.2) is 0 Å². The van der Waals surface area contributed by atoms with Crippen molar-refractivity contribution >= 4 is 16.9 Å². The van der Waals surface area contributed by atoms with Crippen LogP contribution in [0.25, 0.3) is 11.0 Å². The van der Waals surface area contributed by atoms with Gasteiger partial charge in [0.25, 0.3) is 5.91 Å². The standard InChI is InChI=1S/C28H32N2O6/c1-4-35-22-9-7-19(17-23(22)33-3)25-24-26(31)20-16-18(2)6-8-21(20)36-27(24)28(32)30(25)11-5-10-29-12-14-34-15-13-29/h6-9,16-17,25H,4-5,10-15H2,1-3H3/t25-/m0/s1. The second-order valence-electron chi connectivity index (χ2n) is 9.23. The van der Waals surface area contributed by atoms with E-state index >= 15 is 0 Å². The molecule has 3 aromatic rings. The average molecular weight is 493 g/mol. The Balaban J connectivity index is 1.56. The lowest BCUT2D eigenvalue weighted by atomic mass is 9.97. The maximum Gasteiger partial charge on any atom is 0.290 e. The van der Waals surface area contributed by atoms with Crippen molar-refractivity contribution < 1.29 is 23.4 Å². The van der Waals surface area contributed by atoms with Crippen molar-refractivity contribution in [2.24, 2.45) is 0 Å². The van der Waals surface area contributed by atoms with Crippen LogP contribution < -0.4 is 14.9 Å². The number of amides is 1. The van der Waals surface area contributed by atoms with E-state index in [1.54, 1.807) is 18.1 Å². The van der Waals surface area contributed by atoms with Gasteiger partial charge in [0.05, 0.1) is 43.9 Å². The minimum absolute atomic E-state index is 0.126. The first-order chi connectivity index (χ1) is 17.5. The molecule has 2 aliphatic rings. The van der Waals surface area contributed by atoms with Gasteiger partial charge < -0.3 is 23.5 Å². The molecule has 3 heterocycles. The number of carbonyl (C=O) groups is 1. The molecular formula is C28H32N2O6. The molecule has 0 bridgehead atoms. The third-order valence-electron chi connectivity index (χ3n) is 6.90. The Morgan fingerprint density at radius 3 is 2.58 bits per heavy atom. The summed E-state index contributed by atoms with van der Waals surface area (Å²) in [5.74, 6) is 1.04. The van der Waals surface area contributed by atoms with Crippen LogP contribution in [0.5, 0.6) is 11.5 Å². The quantitative estimate of drug-likeness (QED) is 0.473. The van der Waals surface area contributed by atoms with Crippen LogP contribution in [0.3, 0.4) is 0 Å².